The monoisotopic (exact) mass is 390 g/mol. The van der Waals surface area contributed by atoms with E-state index in [9.17, 15) is 0 Å². The van der Waals surface area contributed by atoms with Gasteiger partial charge in [0.1, 0.15) is 0 Å². The zero-order valence-electron chi connectivity index (χ0n) is 10.6. The zero-order chi connectivity index (χ0) is 14.2. The number of hydrogen-bond acceptors (Lipinski definition) is 2. The molecular weight excluding hydrogens is 380 g/mol. The van der Waals surface area contributed by atoms with Crippen LogP contribution in [0.3, 0.4) is 0 Å². The molecule has 0 saturated heterocycles. The van der Waals surface area contributed by atoms with Crippen LogP contribution in [0.15, 0.2) is 82.3 Å². The van der Waals surface area contributed by atoms with Crippen molar-refractivity contribution >= 4 is 31.9 Å². The fourth-order valence-corrected chi connectivity index (χ4v) is 2.05. The van der Waals surface area contributed by atoms with Crippen molar-refractivity contribution in [3.8, 4) is 11.1 Å². The lowest BCUT2D eigenvalue weighted by Gasteiger charge is -1.99. The standard InChI is InChI=1S/C11H8BrN.C5H4BrN/c12-11-5-3-9(4-6-11)10-2-1-7-13-8-10;6-5-2-1-3-7-4-5/h1-8H;1-4H. The highest BCUT2D eigenvalue weighted by Gasteiger charge is 1.95. The molecule has 100 valence electrons. The molecule has 1 aromatic carbocycles. The van der Waals surface area contributed by atoms with Gasteiger partial charge in [-0.2, -0.15) is 0 Å². The minimum atomic E-state index is 1.02. The molecule has 20 heavy (non-hydrogen) atoms. The maximum atomic E-state index is 4.07. The third-order valence-electron chi connectivity index (χ3n) is 2.46. The normalized spacial score (nSPS) is 9.50. The van der Waals surface area contributed by atoms with E-state index in [4.69, 9.17) is 0 Å². The van der Waals surface area contributed by atoms with Crippen LogP contribution >= 0.6 is 31.9 Å². The number of pyridine rings is 2. The minimum Gasteiger partial charge on any atom is -0.264 e. The third-order valence-corrected chi connectivity index (χ3v) is 3.46. The maximum absolute atomic E-state index is 4.07. The number of hydrogen-bond donors (Lipinski definition) is 0. The summed E-state index contributed by atoms with van der Waals surface area (Å²) in [7, 11) is 0. The van der Waals surface area contributed by atoms with E-state index in [1.54, 1.807) is 18.6 Å². The smallest absolute Gasteiger partial charge is 0.0410 e. The van der Waals surface area contributed by atoms with Crippen LogP contribution in [0.5, 0.6) is 0 Å². The van der Waals surface area contributed by atoms with Crippen molar-refractivity contribution in [1.82, 2.24) is 9.97 Å². The number of rotatable bonds is 1. The lowest BCUT2D eigenvalue weighted by molar-refractivity contribution is 1.31. The Hall–Kier alpha value is -1.52. The Morgan fingerprint density at radius 3 is 1.70 bits per heavy atom. The summed E-state index contributed by atoms with van der Waals surface area (Å²) in [5.74, 6) is 0. The third kappa shape index (κ3) is 4.87. The average Bonchev–Trinajstić information content (AvgIpc) is 2.50. The summed E-state index contributed by atoms with van der Waals surface area (Å²) in [5, 5.41) is 0. The molecule has 0 amide bonds. The van der Waals surface area contributed by atoms with Gasteiger partial charge in [0.25, 0.3) is 0 Å². The van der Waals surface area contributed by atoms with Crippen LogP contribution < -0.4 is 0 Å². The van der Waals surface area contributed by atoms with Gasteiger partial charge in [0.15, 0.2) is 0 Å². The Morgan fingerprint density at radius 2 is 1.25 bits per heavy atom. The van der Waals surface area contributed by atoms with Gasteiger partial charge in [0, 0.05) is 33.7 Å². The molecule has 0 bridgehead atoms. The Balaban J connectivity index is 0.000000178. The molecular formula is C16H12Br2N2. The van der Waals surface area contributed by atoms with E-state index in [1.165, 1.54) is 5.56 Å². The molecule has 0 radical (unpaired) electrons. The maximum Gasteiger partial charge on any atom is 0.0410 e. The molecule has 2 nitrogen and oxygen atoms in total. The lowest BCUT2D eigenvalue weighted by atomic mass is 10.1. The highest BCUT2D eigenvalue weighted by atomic mass is 79.9. The molecule has 4 heteroatoms. The topological polar surface area (TPSA) is 25.8 Å². The Morgan fingerprint density at radius 1 is 0.600 bits per heavy atom. The molecule has 2 aromatic heterocycles. The molecule has 3 rings (SSSR count). The summed E-state index contributed by atoms with van der Waals surface area (Å²) in [6, 6.07) is 16.0. The second-order valence-electron chi connectivity index (χ2n) is 3.92. The van der Waals surface area contributed by atoms with Crippen LogP contribution in [0.1, 0.15) is 0 Å². The molecule has 3 aromatic rings. The SMILES string of the molecule is Brc1ccc(-c2cccnc2)cc1.Brc1cccnc1. The summed E-state index contributed by atoms with van der Waals surface area (Å²) in [6.07, 6.45) is 7.14. The van der Waals surface area contributed by atoms with Crippen LogP contribution in [0, 0.1) is 0 Å². The summed E-state index contributed by atoms with van der Waals surface area (Å²) < 4.78 is 2.12. The van der Waals surface area contributed by atoms with Crippen molar-refractivity contribution < 1.29 is 0 Å². The largest absolute Gasteiger partial charge is 0.264 e. The first-order valence-electron chi connectivity index (χ1n) is 5.97. The molecule has 0 aliphatic heterocycles. The first kappa shape index (κ1) is 14.9. The van der Waals surface area contributed by atoms with E-state index in [0.717, 1.165) is 14.5 Å². The van der Waals surface area contributed by atoms with Gasteiger partial charge in [-0.15, -0.1) is 0 Å². The zero-order valence-corrected chi connectivity index (χ0v) is 13.8. The second-order valence-corrected chi connectivity index (χ2v) is 5.75. The summed E-state index contributed by atoms with van der Waals surface area (Å²) in [6.45, 7) is 0. The Bertz CT molecular complexity index is 626. The first-order valence-corrected chi connectivity index (χ1v) is 7.56. The number of aromatic nitrogens is 2. The van der Waals surface area contributed by atoms with E-state index in [2.05, 4.69) is 60.0 Å². The van der Waals surface area contributed by atoms with E-state index in [0.29, 0.717) is 0 Å². The number of benzene rings is 1. The predicted molar refractivity (Wildman–Crippen MR) is 89.3 cm³/mol. The summed E-state index contributed by atoms with van der Waals surface area (Å²) in [4.78, 5) is 7.91. The Labute approximate surface area is 135 Å². The van der Waals surface area contributed by atoms with Gasteiger partial charge in [0.05, 0.1) is 0 Å². The summed E-state index contributed by atoms with van der Waals surface area (Å²) >= 11 is 6.65. The quantitative estimate of drug-likeness (QED) is 0.558. The first-order chi connectivity index (χ1) is 9.75. The molecule has 0 fully saturated rings. The fraction of sp³-hybridized carbons (Fsp3) is 0. The van der Waals surface area contributed by atoms with Crippen molar-refractivity contribution in [1.29, 1.82) is 0 Å². The van der Waals surface area contributed by atoms with Gasteiger partial charge >= 0.3 is 0 Å². The van der Waals surface area contributed by atoms with E-state index in [-0.39, 0.29) is 0 Å². The van der Waals surface area contributed by atoms with Crippen LogP contribution in [0.2, 0.25) is 0 Å². The highest BCUT2D eigenvalue weighted by Crippen LogP contribution is 2.20. The van der Waals surface area contributed by atoms with Gasteiger partial charge in [-0.3, -0.25) is 9.97 Å². The highest BCUT2D eigenvalue weighted by molar-refractivity contribution is 9.10. The van der Waals surface area contributed by atoms with Crippen LogP contribution in [0.4, 0.5) is 0 Å². The average molecular weight is 392 g/mol. The molecule has 2 heterocycles. The summed E-state index contributed by atoms with van der Waals surface area (Å²) in [5.41, 5.74) is 2.34. The molecule has 0 aliphatic carbocycles. The van der Waals surface area contributed by atoms with Crippen LogP contribution in [0.25, 0.3) is 11.1 Å². The van der Waals surface area contributed by atoms with Gasteiger partial charge in [0.2, 0.25) is 0 Å². The van der Waals surface area contributed by atoms with Crippen molar-refractivity contribution in [3.05, 3.63) is 82.3 Å². The second kappa shape index (κ2) is 7.92. The van der Waals surface area contributed by atoms with Gasteiger partial charge in [-0.1, -0.05) is 34.1 Å². The Kier molecular flexibility index (Phi) is 5.89. The van der Waals surface area contributed by atoms with Crippen molar-refractivity contribution in [3.63, 3.8) is 0 Å². The fourth-order valence-electron chi connectivity index (χ4n) is 1.52. The van der Waals surface area contributed by atoms with Crippen molar-refractivity contribution in [2.45, 2.75) is 0 Å². The predicted octanol–water partition coefficient (Wildman–Crippen LogP) is 5.36. The molecule has 0 atom stereocenters. The van der Waals surface area contributed by atoms with Gasteiger partial charge in [-0.25, -0.2) is 0 Å². The number of nitrogens with zero attached hydrogens (tertiary/aromatic N) is 2. The van der Waals surface area contributed by atoms with E-state index in [1.807, 2.05) is 36.5 Å². The lowest BCUT2D eigenvalue weighted by Crippen LogP contribution is -1.77. The van der Waals surface area contributed by atoms with Crippen molar-refractivity contribution in [2.75, 3.05) is 0 Å². The molecule has 0 unspecified atom stereocenters. The molecule has 0 saturated carbocycles. The van der Waals surface area contributed by atoms with Gasteiger partial charge < -0.3 is 0 Å². The minimum absolute atomic E-state index is 1.02. The van der Waals surface area contributed by atoms with Crippen LogP contribution in [-0.2, 0) is 0 Å². The van der Waals surface area contributed by atoms with E-state index < -0.39 is 0 Å². The number of halogens is 2. The van der Waals surface area contributed by atoms with Gasteiger partial charge in [-0.05, 0) is 57.4 Å². The molecule has 0 N–H and O–H groups in total. The van der Waals surface area contributed by atoms with Crippen LogP contribution in [-0.4, -0.2) is 9.97 Å². The van der Waals surface area contributed by atoms with Crippen molar-refractivity contribution in [2.24, 2.45) is 0 Å². The molecule has 0 spiro atoms. The molecule has 0 aliphatic rings. The van der Waals surface area contributed by atoms with E-state index >= 15 is 0 Å².